The largest absolute Gasteiger partial charge is 0.327 e. The van der Waals surface area contributed by atoms with Crippen molar-refractivity contribution >= 4 is 50.6 Å². The Balaban J connectivity index is 2.12. The highest BCUT2D eigenvalue weighted by atomic mass is 79.9. The fourth-order valence-electron chi connectivity index (χ4n) is 1.87. The number of carbonyl (C=O) groups is 1. The number of thioether (sulfide) groups is 1. The van der Waals surface area contributed by atoms with Gasteiger partial charge in [-0.3, -0.25) is 4.79 Å². The van der Waals surface area contributed by atoms with E-state index in [1.165, 1.54) is 11.8 Å². The summed E-state index contributed by atoms with van der Waals surface area (Å²) >= 11 is 6.94. The van der Waals surface area contributed by atoms with Gasteiger partial charge in [0, 0.05) is 38.3 Å². The first-order valence-corrected chi connectivity index (χ1v) is 9.05. The van der Waals surface area contributed by atoms with Gasteiger partial charge in [0.2, 0.25) is 5.91 Å². The van der Waals surface area contributed by atoms with Crippen LogP contribution in [0.25, 0.3) is 0 Å². The molecule has 2 unspecified atom stereocenters. The maximum absolute atomic E-state index is 11.0. The molecule has 2 atom stereocenters. The van der Waals surface area contributed by atoms with E-state index >= 15 is 0 Å². The highest BCUT2D eigenvalue weighted by Crippen LogP contribution is 2.40. The molecule has 0 aliphatic heterocycles. The lowest BCUT2D eigenvalue weighted by atomic mass is 10.2. The number of rotatable bonds is 5. The van der Waals surface area contributed by atoms with E-state index in [1.807, 2.05) is 31.2 Å². The molecule has 1 heterocycles. The highest BCUT2D eigenvalue weighted by molar-refractivity contribution is 9.10. The third-order valence-electron chi connectivity index (χ3n) is 2.78. The average molecular weight is 385 g/mol. The van der Waals surface area contributed by atoms with Crippen LogP contribution in [-0.4, -0.2) is 11.9 Å². The SMILES string of the molecule is CC(=O)Nc1ccc(SC(c2cc(Br)cs2)C(C)N)cc1. The molecule has 3 nitrogen and oxygen atoms in total. The average Bonchev–Trinajstić information content (AvgIpc) is 2.83. The van der Waals surface area contributed by atoms with E-state index in [-0.39, 0.29) is 17.2 Å². The number of hydrogen-bond donors (Lipinski definition) is 2. The van der Waals surface area contributed by atoms with Gasteiger partial charge in [-0.05, 0) is 53.2 Å². The zero-order valence-corrected chi connectivity index (χ0v) is 15.0. The first-order valence-electron chi connectivity index (χ1n) is 6.49. The third kappa shape index (κ3) is 4.85. The summed E-state index contributed by atoms with van der Waals surface area (Å²) in [7, 11) is 0. The summed E-state index contributed by atoms with van der Waals surface area (Å²) in [5, 5.41) is 5.06. The summed E-state index contributed by atoms with van der Waals surface area (Å²) in [6, 6.07) is 10.0. The van der Waals surface area contributed by atoms with E-state index in [4.69, 9.17) is 5.73 Å². The molecule has 0 saturated heterocycles. The molecule has 21 heavy (non-hydrogen) atoms. The van der Waals surface area contributed by atoms with Crippen molar-refractivity contribution < 1.29 is 4.79 Å². The third-order valence-corrected chi connectivity index (χ3v) is 6.19. The van der Waals surface area contributed by atoms with E-state index in [0.717, 1.165) is 15.1 Å². The summed E-state index contributed by atoms with van der Waals surface area (Å²) in [6.45, 7) is 3.53. The Morgan fingerprint density at radius 3 is 2.52 bits per heavy atom. The van der Waals surface area contributed by atoms with E-state index in [1.54, 1.807) is 23.1 Å². The molecule has 0 bridgehead atoms. The van der Waals surface area contributed by atoms with Crippen LogP contribution < -0.4 is 11.1 Å². The predicted molar refractivity (Wildman–Crippen MR) is 95.0 cm³/mol. The molecular formula is C15H17BrN2OS2. The standard InChI is InChI=1S/C15H17BrN2OS2/c1-9(17)15(14-7-11(16)8-20-14)21-13-5-3-12(4-6-13)18-10(2)19/h3-9,15H,17H2,1-2H3,(H,18,19). The van der Waals surface area contributed by atoms with Crippen molar-refractivity contribution in [2.75, 3.05) is 5.32 Å². The lowest BCUT2D eigenvalue weighted by molar-refractivity contribution is -0.114. The Hall–Kier alpha value is -0.820. The van der Waals surface area contributed by atoms with Crippen LogP contribution in [0.4, 0.5) is 5.69 Å². The van der Waals surface area contributed by atoms with Crippen LogP contribution >= 0.6 is 39.0 Å². The number of anilines is 1. The molecule has 1 aromatic heterocycles. The Kier molecular flexibility index (Phi) is 5.87. The minimum Gasteiger partial charge on any atom is -0.327 e. The Morgan fingerprint density at radius 2 is 2.05 bits per heavy atom. The topological polar surface area (TPSA) is 55.1 Å². The normalized spacial score (nSPS) is 13.7. The molecule has 1 amide bonds. The molecule has 0 radical (unpaired) electrons. The van der Waals surface area contributed by atoms with Crippen molar-refractivity contribution in [2.45, 2.75) is 30.0 Å². The summed E-state index contributed by atoms with van der Waals surface area (Å²) in [5.41, 5.74) is 6.94. The van der Waals surface area contributed by atoms with Crippen LogP contribution in [0.5, 0.6) is 0 Å². The van der Waals surface area contributed by atoms with E-state index < -0.39 is 0 Å². The zero-order valence-electron chi connectivity index (χ0n) is 11.8. The number of thiophene rings is 1. The fraction of sp³-hybridized carbons (Fsp3) is 0.267. The number of benzene rings is 1. The van der Waals surface area contributed by atoms with Gasteiger partial charge in [-0.1, -0.05) is 0 Å². The van der Waals surface area contributed by atoms with Gasteiger partial charge in [-0.2, -0.15) is 0 Å². The van der Waals surface area contributed by atoms with Crippen LogP contribution in [0, 0.1) is 0 Å². The summed E-state index contributed by atoms with van der Waals surface area (Å²) < 4.78 is 1.09. The molecule has 0 fully saturated rings. The summed E-state index contributed by atoms with van der Waals surface area (Å²) in [4.78, 5) is 13.4. The first-order chi connectivity index (χ1) is 9.95. The van der Waals surface area contributed by atoms with Crippen molar-refractivity contribution in [3.63, 3.8) is 0 Å². The zero-order chi connectivity index (χ0) is 15.4. The van der Waals surface area contributed by atoms with Crippen LogP contribution in [0.3, 0.4) is 0 Å². The maximum atomic E-state index is 11.0. The minimum atomic E-state index is -0.0627. The number of nitrogens with two attached hydrogens (primary N) is 1. The fourth-order valence-corrected chi connectivity index (χ4v) is 4.70. The molecule has 0 spiro atoms. The van der Waals surface area contributed by atoms with Gasteiger partial charge in [-0.25, -0.2) is 0 Å². The molecule has 2 aromatic rings. The lowest BCUT2D eigenvalue weighted by Crippen LogP contribution is -2.21. The van der Waals surface area contributed by atoms with Gasteiger partial charge in [-0.15, -0.1) is 23.1 Å². The molecule has 112 valence electrons. The van der Waals surface area contributed by atoms with E-state index in [2.05, 4.69) is 32.7 Å². The quantitative estimate of drug-likeness (QED) is 0.737. The molecule has 6 heteroatoms. The first kappa shape index (κ1) is 16.5. The smallest absolute Gasteiger partial charge is 0.221 e. The second-order valence-electron chi connectivity index (χ2n) is 4.77. The van der Waals surface area contributed by atoms with Gasteiger partial charge in [0.15, 0.2) is 0 Å². The van der Waals surface area contributed by atoms with E-state index in [9.17, 15) is 4.79 Å². The van der Waals surface area contributed by atoms with Crippen LogP contribution in [-0.2, 0) is 4.79 Å². The Morgan fingerprint density at radius 1 is 1.38 bits per heavy atom. The highest BCUT2D eigenvalue weighted by Gasteiger charge is 2.19. The van der Waals surface area contributed by atoms with Gasteiger partial charge < -0.3 is 11.1 Å². The number of carbonyl (C=O) groups excluding carboxylic acids is 1. The minimum absolute atomic E-state index is 0.0515. The number of amides is 1. The Labute approximate surface area is 141 Å². The second-order valence-corrected chi connectivity index (χ2v) is 7.84. The molecule has 3 N–H and O–H groups in total. The number of halogens is 1. The molecule has 0 aliphatic carbocycles. The van der Waals surface area contributed by atoms with Gasteiger partial charge in [0.1, 0.15) is 0 Å². The van der Waals surface area contributed by atoms with Crippen LogP contribution in [0.1, 0.15) is 24.0 Å². The summed E-state index contributed by atoms with van der Waals surface area (Å²) in [6.07, 6.45) is 0. The van der Waals surface area contributed by atoms with Gasteiger partial charge >= 0.3 is 0 Å². The van der Waals surface area contributed by atoms with Gasteiger partial charge in [0.05, 0.1) is 5.25 Å². The van der Waals surface area contributed by atoms with Crippen molar-refractivity contribution in [1.82, 2.24) is 0 Å². The molecular weight excluding hydrogens is 368 g/mol. The monoisotopic (exact) mass is 384 g/mol. The molecule has 2 rings (SSSR count). The van der Waals surface area contributed by atoms with E-state index in [0.29, 0.717) is 0 Å². The molecule has 0 saturated carbocycles. The van der Waals surface area contributed by atoms with Crippen molar-refractivity contribution in [1.29, 1.82) is 0 Å². The number of hydrogen-bond acceptors (Lipinski definition) is 4. The van der Waals surface area contributed by atoms with Crippen LogP contribution in [0.2, 0.25) is 0 Å². The lowest BCUT2D eigenvalue weighted by Gasteiger charge is -2.19. The van der Waals surface area contributed by atoms with Crippen molar-refractivity contribution in [2.24, 2.45) is 5.73 Å². The second kappa shape index (κ2) is 7.45. The predicted octanol–water partition coefficient (Wildman–Crippen LogP) is 4.65. The van der Waals surface area contributed by atoms with Crippen molar-refractivity contribution in [3.05, 3.63) is 45.1 Å². The Bertz CT molecular complexity index is 610. The number of nitrogens with one attached hydrogen (secondary N) is 1. The maximum Gasteiger partial charge on any atom is 0.221 e. The van der Waals surface area contributed by atoms with Crippen LogP contribution in [0.15, 0.2) is 45.1 Å². The summed E-state index contributed by atoms with van der Waals surface area (Å²) in [5.74, 6) is -0.0627. The van der Waals surface area contributed by atoms with Crippen molar-refractivity contribution in [3.8, 4) is 0 Å². The molecule has 1 aromatic carbocycles. The van der Waals surface area contributed by atoms with Gasteiger partial charge in [0.25, 0.3) is 0 Å². The molecule has 0 aliphatic rings.